The first-order valence-electron chi connectivity index (χ1n) is 5.23. The van der Waals surface area contributed by atoms with Gasteiger partial charge in [0, 0.05) is 6.54 Å². The van der Waals surface area contributed by atoms with Gasteiger partial charge in [0.15, 0.2) is 5.69 Å². The van der Waals surface area contributed by atoms with Crippen LogP contribution in [0.5, 0.6) is 0 Å². The predicted molar refractivity (Wildman–Crippen MR) is 61.2 cm³/mol. The highest BCUT2D eigenvalue weighted by molar-refractivity contribution is 6.01. The summed E-state index contributed by atoms with van der Waals surface area (Å²) < 4.78 is 14.3. The van der Waals surface area contributed by atoms with Gasteiger partial charge >= 0.3 is 0 Å². The van der Waals surface area contributed by atoms with E-state index in [-0.39, 0.29) is 11.5 Å². The molecule has 8 heteroatoms. The van der Waals surface area contributed by atoms with Gasteiger partial charge in [0.1, 0.15) is 5.82 Å². The van der Waals surface area contributed by atoms with Crippen LogP contribution in [0.2, 0.25) is 0 Å². The van der Waals surface area contributed by atoms with Crippen molar-refractivity contribution in [1.29, 1.82) is 0 Å². The van der Waals surface area contributed by atoms with Gasteiger partial charge in [0.25, 0.3) is 5.91 Å². The van der Waals surface area contributed by atoms with Crippen molar-refractivity contribution in [2.75, 3.05) is 11.9 Å². The van der Waals surface area contributed by atoms with Crippen LogP contribution in [-0.2, 0) is 6.54 Å². The van der Waals surface area contributed by atoms with Crippen LogP contribution < -0.4 is 11.1 Å². The van der Waals surface area contributed by atoms with Crippen molar-refractivity contribution in [3.8, 4) is 0 Å². The number of anilines is 1. The minimum absolute atomic E-state index is 0.119. The summed E-state index contributed by atoms with van der Waals surface area (Å²) in [5.41, 5.74) is 5.47. The Bertz CT molecular complexity index is 555. The van der Waals surface area contributed by atoms with E-state index in [9.17, 15) is 9.18 Å². The van der Waals surface area contributed by atoms with Crippen LogP contribution in [0.1, 0.15) is 10.5 Å². The third-order valence-corrected chi connectivity index (χ3v) is 2.09. The molecule has 1 amide bonds. The average Bonchev–Trinajstić information content (AvgIpc) is 2.78. The third-order valence-electron chi connectivity index (χ3n) is 2.09. The molecule has 0 aliphatic rings. The SMILES string of the molecule is NCCn1cc(C(=O)Nc2cccc(F)n2)nn1. The molecule has 0 atom stereocenters. The van der Waals surface area contributed by atoms with Crippen LogP contribution in [0, 0.1) is 5.95 Å². The molecule has 0 saturated heterocycles. The molecular weight excluding hydrogens is 239 g/mol. The fraction of sp³-hybridized carbons (Fsp3) is 0.200. The number of carbonyl (C=O) groups excluding carboxylic acids is 1. The van der Waals surface area contributed by atoms with Crippen LogP contribution in [0.15, 0.2) is 24.4 Å². The largest absolute Gasteiger partial charge is 0.329 e. The predicted octanol–water partition coefficient (Wildman–Crippen LogP) is 0.0232. The summed E-state index contributed by atoms with van der Waals surface area (Å²) >= 11 is 0. The Kier molecular flexibility index (Phi) is 3.58. The van der Waals surface area contributed by atoms with E-state index < -0.39 is 11.9 Å². The molecule has 0 aliphatic carbocycles. The standard InChI is InChI=1S/C10H11FN6O/c11-8-2-1-3-9(13-8)14-10(18)7-6-17(5-4-12)16-15-7/h1-3,6H,4-5,12H2,(H,13,14,18). The van der Waals surface area contributed by atoms with Crippen LogP contribution in [0.25, 0.3) is 0 Å². The van der Waals surface area contributed by atoms with Gasteiger partial charge in [0.05, 0.1) is 12.7 Å². The second-order valence-corrected chi connectivity index (χ2v) is 3.46. The maximum Gasteiger partial charge on any atom is 0.278 e. The first-order valence-corrected chi connectivity index (χ1v) is 5.23. The number of nitrogens with zero attached hydrogens (tertiary/aromatic N) is 4. The van der Waals surface area contributed by atoms with Crippen molar-refractivity contribution in [2.24, 2.45) is 5.73 Å². The maximum absolute atomic E-state index is 12.8. The minimum atomic E-state index is -0.667. The lowest BCUT2D eigenvalue weighted by atomic mass is 10.4. The Hall–Kier alpha value is -2.35. The molecule has 3 N–H and O–H groups in total. The van der Waals surface area contributed by atoms with Crippen molar-refractivity contribution >= 4 is 11.7 Å². The van der Waals surface area contributed by atoms with Crippen LogP contribution >= 0.6 is 0 Å². The fourth-order valence-electron chi connectivity index (χ4n) is 1.30. The molecule has 0 aliphatic heterocycles. The summed E-state index contributed by atoms with van der Waals surface area (Å²) in [5, 5.41) is 9.81. The van der Waals surface area contributed by atoms with E-state index in [0.717, 1.165) is 0 Å². The van der Waals surface area contributed by atoms with Gasteiger partial charge in [-0.25, -0.2) is 4.98 Å². The lowest BCUT2D eigenvalue weighted by Crippen LogP contribution is -2.14. The molecule has 2 rings (SSSR count). The number of pyridine rings is 1. The Balaban J connectivity index is 2.07. The third kappa shape index (κ3) is 2.86. The second-order valence-electron chi connectivity index (χ2n) is 3.46. The smallest absolute Gasteiger partial charge is 0.278 e. The zero-order chi connectivity index (χ0) is 13.0. The quantitative estimate of drug-likeness (QED) is 0.745. The molecular formula is C10H11FN6O. The van der Waals surface area contributed by atoms with Gasteiger partial charge in [-0.15, -0.1) is 5.10 Å². The Morgan fingerprint density at radius 1 is 1.50 bits per heavy atom. The Morgan fingerprint density at radius 2 is 2.33 bits per heavy atom. The van der Waals surface area contributed by atoms with E-state index in [1.165, 1.54) is 29.1 Å². The first-order chi connectivity index (χ1) is 8.69. The van der Waals surface area contributed by atoms with E-state index >= 15 is 0 Å². The number of hydrogen-bond acceptors (Lipinski definition) is 5. The van der Waals surface area contributed by atoms with Crippen molar-refractivity contribution in [3.63, 3.8) is 0 Å². The molecule has 2 aromatic heterocycles. The van der Waals surface area contributed by atoms with Crippen molar-refractivity contribution < 1.29 is 9.18 Å². The molecule has 2 aromatic rings. The van der Waals surface area contributed by atoms with Gasteiger partial charge in [-0.3, -0.25) is 9.48 Å². The fourth-order valence-corrected chi connectivity index (χ4v) is 1.30. The number of rotatable bonds is 4. The molecule has 2 heterocycles. The molecule has 0 aromatic carbocycles. The summed E-state index contributed by atoms with van der Waals surface area (Å²) in [6.07, 6.45) is 1.46. The molecule has 0 fully saturated rings. The number of carbonyl (C=O) groups is 1. The molecule has 0 bridgehead atoms. The molecule has 0 spiro atoms. The van der Waals surface area contributed by atoms with E-state index in [0.29, 0.717) is 13.1 Å². The monoisotopic (exact) mass is 250 g/mol. The number of halogens is 1. The van der Waals surface area contributed by atoms with Crippen LogP contribution in [-0.4, -0.2) is 32.4 Å². The Morgan fingerprint density at radius 3 is 3.06 bits per heavy atom. The highest BCUT2D eigenvalue weighted by Gasteiger charge is 2.11. The van der Waals surface area contributed by atoms with E-state index in [4.69, 9.17) is 5.73 Å². The first kappa shape index (κ1) is 12.1. The summed E-state index contributed by atoms with van der Waals surface area (Å²) in [4.78, 5) is 15.2. The van der Waals surface area contributed by atoms with Crippen molar-refractivity contribution in [1.82, 2.24) is 20.0 Å². The highest BCUT2D eigenvalue weighted by Crippen LogP contribution is 2.05. The van der Waals surface area contributed by atoms with Crippen molar-refractivity contribution in [3.05, 3.63) is 36.0 Å². The number of aromatic nitrogens is 4. The summed E-state index contributed by atoms with van der Waals surface area (Å²) in [5.74, 6) is -1.05. The van der Waals surface area contributed by atoms with Gasteiger partial charge in [-0.05, 0) is 12.1 Å². The van der Waals surface area contributed by atoms with Gasteiger partial charge in [-0.1, -0.05) is 11.3 Å². The van der Waals surface area contributed by atoms with Crippen LogP contribution in [0.3, 0.4) is 0 Å². The Labute approximate surface area is 102 Å². The van der Waals surface area contributed by atoms with Crippen LogP contribution in [0.4, 0.5) is 10.2 Å². The molecule has 0 unspecified atom stereocenters. The summed E-state index contributed by atoms with van der Waals surface area (Å²) in [6.45, 7) is 0.869. The van der Waals surface area contributed by atoms with E-state index in [1.807, 2.05) is 0 Å². The number of amides is 1. The molecule has 94 valence electrons. The summed E-state index contributed by atoms with van der Waals surface area (Å²) in [7, 11) is 0. The number of hydrogen-bond donors (Lipinski definition) is 2. The molecule has 18 heavy (non-hydrogen) atoms. The maximum atomic E-state index is 12.8. The normalized spacial score (nSPS) is 10.3. The summed E-state index contributed by atoms with van der Waals surface area (Å²) in [6, 6.07) is 4.11. The van der Waals surface area contributed by atoms with Gasteiger partial charge in [-0.2, -0.15) is 4.39 Å². The van der Waals surface area contributed by atoms with E-state index in [1.54, 1.807) is 0 Å². The van der Waals surface area contributed by atoms with Crippen molar-refractivity contribution in [2.45, 2.75) is 6.54 Å². The second kappa shape index (κ2) is 5.32. The van der Waals surface area contributed by atoms with E-state index in [2.05, 4.69) is 20.6 Å². The van der Waals surface area contributed by atoms with Gasteiger partial charge < -0.3 is 11.1 Å². The average molecular weight is 250 g/mol. The zero-order valence-electron chi connectivity index (χ0n) is 9.38. The molecule has 7 nitrogen and oxygen atoms in total. The lowest BCUT2D eigenvalue weighted by Gasteiger charge is -2.00. The minimum Gasteiger partial charge on any atom is -0.329 e. The lowest BCUT2D eigenvalue weighted by molar-refractivity contribution is 0.102. The van der Waals surface area contributed by atoms with Gasteiger partial charge in [0.2, 0.25) is 5.95 Å². The molecule has 0 saturated carbocycles. The number of nitrogens with one attached hydrogen (secondary N) is 1. The highest BCUT2D eigenvalue weighted by atomic mass is 19.1. The molecule has 0 radical (unpaired) electrons. The number of nitrogens with two attached hydrogens (primary N) is 1. The topological polar surface area (TPSA) is 98.7 Å². The zero-order valence-corrected chi connectivity index (χ0v) is 9.38.